The highest BCUT2D eigenvalue weighted by Crippen LogP contribution is 2.20. The van der Waals surface area contributed by atoms with Crippen molar-refractivity contribution in [1.29, 1.82) is 0 Å². The molecule has 0 fully saturated rings. The first kappa shape index (κ1) is 19.6. The van der Waals surface area contributed by atoms with Crippen molar-refractivity contribution in [1.82, 2.24) is 0 Å². The number of carbonyl (C=O) groups is 4. The van der Waals surface area contributed by atoms with E-state index in [9.17, 15) is 19.2 Å². The molecule has 0 aliphatic heterocycles. The molecule has 2 rings (SSSR count). The number of hydrogen-bond acceptors (Lipinski definition) is 6. The molecule has 0 bridgehead atoms. The first-order valence-corrected chi connectivity index (χ1v) is 7.85. The Balaban J connectivity index is 2.39. The van der Waals surface area contributed by atoms with Gasteiger partial charge in [0.2, 0.25) is 5.91 Å². The maximum absolute atomic E-state index is 12.6. The molecule has 0 radical (unpaired) electrons. The monoisotopic (exact) mass is 370 g/mol. The number of anilines is 2. The van der Waals surface area contributed by atoms with Crippen LogP contribution in [0.1, 0.15) is 38.0 Å². The van der Waals surface area contributed by atoms with Crippen LogP contribution in [0.3, 0.4) is 0 Å². The summed E-state index contributed by atoms with van der Waals surface area (Å²) >= 11 is 0. The average molecular weight is 370 g/mol. The molecule has 140 valence electrons. The van der Waals surface area contributed by atoms with Gasteiger partial charge < -0.3 is 20.1 Å². The molecule has 2 N–H and O–H groups in total. The second-order valence-electron chi connectivity index (χ2n) is 5.46. The number of carbonyl (C=O) groups excluding carboxylic acids is 4. The predicted molar refractivity (Wildman–Crippen MR) is 97.8 cm³/mol. The Kier molecular flexibility index (Phi) is 6.27. The van der Waals surface area contributed by atoms with Gasteiger partial charge in [0.1, 0.15) is 0 Å². The fraction of sp³-hybridized carbons (Fsp3) is 0.158. The standard InChI is InChI=1S/C19H18N2O6/c1-11(22)20-16-7-5-4-6-15(16)17(23)21-14-9-12(18(24)26-2)8-13(10-14)19(25)27-3/h4-10H,1-3H3,(H,20,22)(H,21,23). The molecule has 0 saturated carbocycles. The molecule has 0 unspecified atom stereocenters. The summed E-state index contributed by atoms with van der Waals surface area (Å²) in [5.74, 6) is -2.20. The molecule has 0 aliphatic carbocycles. The normalized spacial score (nSPS) is 9.89. The summed E-state index contributed by atoms with van der Waals surface area (Å²) in [6.07, 6.45) is 0. The summed E-state index contributed by atoms with van der Waals surface area (Å²) in [5.41, 5.74) is 0.897. The molecular weight excluding hydrogens is 352 g/mol. The number of amides is 2. The maximum atomic E-state index is 12.6. The molecule has 8 heteroatoms. The summed E-state index contributed by atoms with van der Waals surface area (Å²) in [5, 5.41) is 5.17. The van der Waals surface area contributed by atoms with Crippen LogP contribution in [-0.4, -0.2) is 38.0 Å². The molecule has 2 aromatic carbocycles. The van der Waals surface area contributed by atoms with Gasteiger partial charge in [-0.3, -0.25) is 9.59 Å². The fourth-order valence-corrected chi connectivity index (χ4v) is 2.35. The van der Waals surface area contributed by atoms with E-state index in [-0.39, 0.29) is 28.3 Å². The summed E-state index contributed by atoms with van der Waals surface area (Å²) in [6, 6.07) is 10.5. The molecule has 0 aliphatic rings. The molecule has 2 aromatic rings. The number of hydrogen-bond donors (Lipinski definition) is 2. The first-order valence-electron chi connectivity index (χ1n) is 7.85. The zero-order valence-electron chi connectivity index (χ0n) is 15.0. The van der Waals surface area contributed by atoms with E-state index in [1.807, 2.05) is 0 Å². The lowest BCUT2D eigenvalue weighted by atomic mass is 10.1. The Morgan fingerprint density at radius 1 is 0.815 bits per heavy atom. The van der Waals surface area contributed by atoms with Crippen molar-refractivity contribution in [3.8, 4) is 0 Å². The van der Waals surface area contributed by atoms with Gasteiger partial charge in [-0.2, -0.15) is 0 Å². The van der Waals surface area contributed by atoms with Crippen LogP contribution >= 0.6 is 0 Å². The van der Waals surface area contributed by atoms with Crippen molar-refractivity contribution in [3.63, 3.8) is 0 Å². The second kappa shape index (κ2) is 8.61. The van der Waals surface area contributed by atoms with E-state index in [4.69, 9.17) is 0 Å². The van der Waals surface area contributed by atoms with Crippen molar-refractivity contribution in [2.24, 2.45) is 0 Å². The van der Waals surface area contributed by atoms with Crippen LogP contribution in [0.15, 0.2) is 42.5 Å². The summed E-state index contributed by atoms with van der Waals surface area (Å²) in [6.45, 7) is 1.33. The molecule has 8 nitrogen and oxygen atoms in total. The van der Waals surface area contributed by atoms with E-state index >= 15 is 0 Å². The van der Waals surface area contributed by atoms with Crippen molar-refractivity contribution >= 4 is 35.1 Å². The van der Waals surface area contributed by atoms with Gasteiger partial charge in [0.15, 0.2) is 0 Å². The molecule has 0 saturated heterocycles. The van der Waals surface area contributed by atoms with Crippen LogP contribution in [0.5, 0.6) is 0 Å². The number of ether oxygens (including phenoxy) is 2. The fourth-order valence-electron chi connectivity index (χ4n) is 2.35. The van der Waals surface area contributed by atoms with Crippen LogP contribution in [0.4, 0.5) is 11.4 Å². The highest BCUT2D eigenvalue weighted by Gasteiger charge is 2.17. The largest absolute Gasteiger partial charge is 0.465 e. The predicted octanol–water partition coefficient (Wildman–Crippen LogP) is 2.47. The molecular formula is C19H18N2O6. The Morgan fingerprint density at radius 3 is 1.89 bits per heavy atom. The Bertz CT molecular complexity index is 873. The number of nitrogens with one attached hydrogen (secondary N) is 2. The third-order valence-corrected chi connectivity index (χ3v) is 3.52. The Morgan fingerprint density at radius 2 is 1.37 bits per heavy atom. The van der Waals surface area contributed by atoms with Gasteiger partial charge in [-0.1, -0.05) is 12.1 Å². The van der Waals surface area contributed by atoms with Crippen LogP contribution < -0.4 is 10.6 Å². The lowest BCUT2D eigenvalue weighted by Gasteiger charge is -2.12. The van der Waals surface area contributed by atoms with Crippen LogP contribution in [0, 0.1) is 0 Å². The number of benzene rings is 2. The van der Waals surface area contributed by atoms with Gasteiger partial charge in [0.25, 0.3) is 5.91 Å². The molecule has 0 heterocycles. The molecule has 27 heavy (non-hydrogen) atoms. The molecule has 0 atom stereocenters. The van der Waals surface area contributed by atoms with Crippen LogP contribution in [0.25, 0.3) is 0 Å². The van der Waals surface area contributed by atoms with E-state index in [0.717, 1.165) is 0 Å². The highest BCUT2D eigenvalue weighted by molar-refractivity contribution is 6.10. The lowest BCUT2D eigenvalue weighted by Crippen LogP contribution is -2.17. The summed E-state index contributed by atoms with van der Waals surface area (Å²) in [7, 11) is 2.41. The van der Waals surface area contributed by atoms with Gasteiger partial charge in [-0.15, -0.1) is 0 Å². The topological polar surface area (TPSA) is 111 Å². The van der Waals surface area contributed by atoms with E-state index in [1.54, 1.807) is 18.2 Å². The van der Waals surface area contributed by atoms with Gasteiger partial charge >= 0.3 is 11.9 Å². The number of methoxy groups -OCH3 is 2. The van der Waals surface area contributed by atoms with Gasteiger partial charge in [0, 0.05) is 12.6 Å². The third-order valence-electron chi connectivity index (χ3n) is 3.52. The summed E-state index contributed by atoms with van der Waals surface area (Å²) < 4.78 is 9.32. The zero-order valence-corrected chi connectivity index (χ0v) is 15.0. The molecule has 2 amide bonds. The third kappa shape index (κ3) is 4.91. The minimum atomic E-state index is -0.671. The number of para-hydroxylation sites is 1. The zero-order chi connectivity index (χ0) is 20.0. The Hall–Kier alpha value is -3.68. The van der Waals surface area contributed by atoms with Crippen molar-refractivity contribution in [2.45, 2.75) is 6.92 Å². The first-order chi connectivity index (χ1) is 12.8. The highest BCUT2D eigenvalue weighted by atomic mass is 16.5. The van der Waals surface area contributed by atoms with E-state index in [1.165, 1.54) is 45.4 Å². The SMILES string of the molecule is COC(=O)c1cc(NC(=O)c2ccccc2NC(C)=O)cc(C(=O)OC)c1. The minimum Gasteiger partial charge on any atom is -0.465 e. The van der Waals surface area contributed by atoms with Crippen molar-refractivity contribution in [2.75, 3.05) is 24.9 Å². The quantitative estimate of drug-likeness (QED) is 0.782. The van der Waals surface area contributed by atoms with Crippen molar-refractivity contribution < 1.29 is 28.7 Å². The smallest absolute Gasteiger partial charge is 0.337 e. The lowest BCUT2D eigenvalue weighted by molar-refractivity contribution is -0.114. The summed E-state index contributed by atoms with van der Waals surface area (Å²) in [4.78, 5) is 47.6. The minimum absolute atomic E-state index is 0.0749. The molecule has 0 aromatic heterocycles. The Labute approximate surface area is 155 Å². The second-order valence-corrected chi connectivity index (χ2v) is 5.46. The number of esters is 2. The van der Waals surface area contributed by atoms with Gasteiger partial charge in [-0.05, 0) is 30.3 Å². The van der Waals surface area contributed by atoms with Crippen molar-refractivity contribution in [3.05, 3.63) is 59.2 Å². The molecule has 0 spiro atoms. The van der Waals surface area contributed by atoms with Gasteiger partial charge in [-0.25, -0.2) is 9.59 Å². The van der Waals surface area contributed by atoms with E-state index < -0.39 is 17.8 Å². The van der Waals surface area contributed by atoms with Gasteiger partial charge in [0.05, 0.1) is 36.6 Å². The van der Waals surface area contributed by atoms with Crippen LogP contribution in [-0.2, 0) is 14.3 Å². The van der Waals surface area contributed by atoms with Crippen LogP contribution in [0.2, 0.25) is 0 Å². The van der Waals surface area contributed by atoms with E-state index in [0.29, 0.717) is 5.69 Å². The maximum Gasteiger partial charge on any atom is 0.337 e. The number of rotatable bonds is 5. The van der Waals surface area contributed by atoms with E-state index in [2.05, 4.69) is 20.1 Å². The average Bonchev–Trinajstić information content (AvgIpc) is 2.66.